The lowest BCUT2D eigenvalue weighted by molar-refractivity contribution is 0.564. The number of aromatic nitrogens is 2. The molecule has 1 unspecified atom stereocenters. The van der Waals surface area contributed by atoms with Crippen molar-refractivity contribution in [3.8, 4) is 0 Å². The summed E-state index contributed by atoms with van der Waals surface area (Å²) < 4.78 is 12.9. The average Bonchev–Trinajstić information content (AvgIpc) is 2.78. The third-order valence-corrected chi connectivity index (χ3v) is 2.91. The van der Waals surface area contributed by atoms with Gasteiger partial charge >= 0.3 is 0 Å². The second kappa shape index (κ2) is 5.29. The molecule has 0 aliphatic rings. The van der Waals surface area contributed by atoms with Crippen molar-refractivity contribution in [3.05, 3.63) is 52.6 Å². The normalized spacial score (nSPS) is 12.6. The summed E-state index contributed by atoms with van der Waals surface area (Å²) in [6, 6.07) is 6.38. The molecule has 2 rings (SSSR count). The zero-order valence-corrected chi connectivity index (χ0v) is 10.1. The van der Waals surface area contributed by atoms with E-state index < -0.39 is 0 Å². The van der Waals surface area contributed by atoms with Crippen LogP contribution >= 0.6 is 11.6 Å². The topological polar surface area (TPSA) is 40.7 Å². The minimum absolute atomic E-state index is 0.0476. The van der Waals surface area contributed by atoms with Crippen LogP contribution in [0.25, 0.3) is 0 Å². The fourth-order valence-electron chi connectivity index (χ4n) is 1.61. The van der Waals surface area contributed by atoms with Gasteiger partial charge in [0.2, 0.25) is 0 Å². The van der Waals surface area contributed by atoms with Gasteiger partial charge in [-0.25, -0.2) is 4.39 Å². The molecule has 2 N–H and O–H groups in total. The van der Waals surface area contributed by atoms with Crippen LogP contribution < -0.4 is 5.32 Å². The number of hydrogen-bond acceptors (Lipinski definition) is 2. The summed E-state index contributed by atoms with van der Waals surface area (Å²) in [5.41, 5.74) is 1.88. The molecule has 3 nitrogen and oxygen atoms in total. The summed E-state index contributed by atoms with van der Waals surface area (Å²) in [4.78, 5) is 0. The second-order valence-corrected chi connectivity index (χ2v) is 4.26. The van der Waals surface area contributed by atoms with Gasteiger partial charge in [-0.2, -0.15) is 5.10 Å². The predicted octanol–water partition coefficient (Wildman–Crippen LogP) is 3.05. The van der Waals surface area contributed by atoms with Crippen molar-refractivity contribution in [2.24, 2.45) is 0 Å². The van der Waals surface area contributed by atoms with Gasteiger partial charge in [0.1, 0.15) is 5.82 Å². The maximum absolute atomic E-state index is 12.9. The number of aromatic amines is 1. The van der Waals surface area contributed by atoms with Gasteiger partial charge in [0.05, 0.1) is 0 Å². The van der Waals surface area contributed by atoms with E-state index in [1.807, 2.05) is 13.0 Å². The van der Waals surface area contributed by atoms with Crippen LogP contribution in [0, 0.1) is 5.82 Å². The van der Waals surface area contributed by atoms with Crippen LogP contribution in [0.15, 0.2) is 30.5 Å². The van der Waals surface area contributed by atoms with Crippen molar-refractivity contribution in [3.63, 3.8) is 0 Å². The number of nitrogens with zero attached hydrogens (tertiary/aromatic N) is 1. The molecule has 0 spiro atoms. The maximum atomic E-state index is 12.9. The van der Waals surface area contributed by atoms with E-state index in [0.29, 0.717) is 11.6 Å². The molecule has 5 heteroatoms. The first-order valence-electron chi connectivity index (χ1n) is 5.33. The van der Waals surface area contributed by atoms with Crippen LogP contribution in [0.3, 0.4) is 0 Å². The van der Waals surface area contributed by atoms with Gasteiger partial charge in [0, 0.05) is 29.5 Å². The average molecular weight is 254 g/mol. The minimum Gasteiger partial charge on any atom is -0.305 e. The summed E-state index contributed by atoms with van der Waals surface area (Å²) in [5, 5.41) is 10.4. The van der Waals surface area contributed by atoms with Gasteiger partial charge in [-0.1, -0.05) is 17.7 Å². The molecule has 2 aromatic rings. The van der Waals surface area contributed by atoms with Crippen LogP contribution in [0.1, 0.15) is 24.2 Å². The molecule has 1 heterocycles. The maximum Gasteiger partial charge on any atom is 0.124 e. The highest BCUT2D eigenvalue weighted by Gasteiger charge is 2.10. The number of rotatable bonds is 4. The molecule has 0 saturated heterocycles. The highest BCUT2D eigenvalue weighted by molar-refractivity contribution is 6.31. The zero-order valence-electron chi connectivity index (χ0n) is 9.37. The molecule has 1 aromatic heterocycles. The molecule has 0 saturated carbocycles. The fourth-order valence-corrected chi connectivity index (χ4v) is 1.94. The molecule has 0 amide bonds. The molecule has 0 radical (unpaired) electrons. The molecule has 0 aliphatic heterocycles. The van der Waals surface area contributed by atoms with Crippen LogP contribution in [0.2, 0.25) is 5.02 Å². The van der Waals surface area contributed by atoms with Gasteiger partial charge < -0.3 is 5.32 Å². The standard InChI is InChI=1S/C12H13ClFN3/c1-8(15-7-10-4-5-16-17-10)11-3-2-9(14)6-12(11)13/h2-6,8,15H,7H2,1H3,(H,16,17). The Balaban J connectivity index is 2.01. The van der Waals surface area contributed by atoms with Gasteiger partial charge in [0.15, 0.2) is 0 Å². The van der Waals surface area contributed by atoms with Crippen molar-refractivity contribution in [1.82, 2.24) is 15.5 Å². The highest BCUT2D eigenvalue weighted by Crippen LogP contribution is 2.23. The summed E-state index contributed by atoms with van der Waals surface area (Å²) >= 11 is 5.98. The lowest BCUT2D eigenvalue weighted by Gasteiger charge is -2.15. The van der Waals surface area contributed by atoms with Crippen LogP contribution in [0.5, 0.6) is 0 Å². The molecule has 0 bridgehead atoms. The number of benzene rings is 1. The van der Waals surface area contributed by atoms with Crippen molar-refractivity contribution >= 4 is 11.6 Å². The lowest BCUT2D eigenvalue weighted by atomic mass is 10.1. The van der Waals surface area contributed by atoms with Crippen molar-refractivity contribution in [2.75, 3.05) is 0 Å². The Morgan fingerprint density at radius 2 is 2.29 bits per heavy atom. The lowest BCUT2D eigenvalue weighted by Crippen LogP contribution is -2.18. The smallest absolute Gasteiger partial charge is 0.124 e. The summed E-state index contributed by atoms with van der Waals surface area (Å²) in [7, 11) is 0. The SMILES string of the molecule is CC(NCc1ccn[nH]1)c1ccc(F)cc1Cl. The Kier molecular flexibility index (Phi) is 3.76. The predicted molar refractivity (Wildman–Crippen MR) is 65.3 cm³/mol. The summed E-state index contributed by atoms with van der Waals surface area (Å²) in [6.07, 6.45) is 1.70. The molecular weight excluding hydrogens is 241 g/mol. The van der Waals surface area contributed by atoms with E-state index in [2.05, 4.69) is 15.5 Å². The molecule has 0 fully saturated rings. The van der Waals surface area contributed by atoms with Crippen LogP contribution in [-0.4, -0.2) is 10.2 Å². The Hall–Kier alpha value is -1.39. The Labute approximate surface area is 104 Å². The summed E-state index contributed by atoms with van der Waals surface area (Å²) in [5.74, 6) is -0.320. The molecule has 1 atom stereocenters. The molecule has 1 aromatic carbocycles. The van der Waals surface area contributed by atoms with E-state index in [9.17, 15) is 4.39 Å². The van der Waals surface area contributed by atoms with Gasteiger partial charge in [-0.05, 0) is 30.7 Å². The first-order valence-corrected chi connectivity index (χ1v) is 5.71. The Morgan fingerprint density at radius 1 is 1.47 bits per heavy atom. The van der Waals surface area contributed by atoms with E-state index in [1.165, 1.54) is 12.1 Å². The second-order valence-electron chi connectivity index (χ2n) is 3.85. The van der Waals surface area contributed by atoms with E-state index in [1.54, 1.807) is 12.3 Å². The van der Waals surface area contributed by atoms with Gasteiger partial charge in [-0.15, -0.1) is 0 Å². The Bertz CT molecular complexity index is 485. The van der Waals surface area contributed by atoms with Crippen molar-refractivity contribution in [1.29, 1.82) is 0 Å². The van der Waals surface area contributed by atoms with Crippen molar-refractivity contribution < 1.29 is 4.39 Å². The first-order chi connectivity index (χ1) is 8.16. The number of hydrogen-bond donors (Lipinski definition) is 2. The molecule has 0 aliphatic carbocycles. The van der Waals surface area contributed by atoms with E-state index >= 15 is 0 Å². The van der Waals surface area contributed by atoms with E-state index in [4.69, 9.17) is 11.6 Å². The third-order valence-electron chi connectivity index (χ3n) is 2.59. The van der Waals surface area contributed by atoms with Crippen LogP contribution in [0.4, 0.5) is 4.39 Å². The number of nitrogens with one attached hydrogen (secondary N) is 2. The number of halogens is 2. The zero-order chi connectivity index (χ0) is 12.3. The highest BCUT2D eigenvalue weighted by atomic mass is 35.5. The fraction of sp³-hybridized carbons (Fsp3) is 0.250. The largest absolute Gasteiger partial charge is 0.305 e. The first kappa shape index (κ1) is 12.1. The molecule has 90 valence electrons. The Morgan fingerprint density at radius 3 is 2.94 bits per heavy atom. The molecule has 17 heavy (non-hydrogen) atoms. The monoisotopic (exact) mass is 253 g/mol. The minimum atomic E-state index is -0.320. The molecular formula is C12H13ClFN3. The quantitative estimate of drug-likeness (QED) is 0.879. The van der Waals surface area contributed by atoms with E-state index in [-0.39, 0.29) is 11.9 Å². The van der Waals surface area contributed by atoms with Crippen molar-refractivity contribution in [2.45, 2.75) is 19.5 Å². The third kappa shape index (κ3) is 3.05. The summed E-state index contributed by atoms with van der Waals surface area (Å²) in [6.45, 7) is 2.64. The van der Waals surface area contributed by atoms with Crippen LogP contribution in [-0.2, 0) is 6.54 Å². The van der Waals surface area contributed by atoms with Gasteiger partial charge in [-0.3, -0.25) is 5.10 Å². The van der Waals surface area contributed by atoms with Gasteiger partial charge in [0.25, 0.3) is 0 Å². The number of H-pyrrole nitrogens is 1. The van der Waals surface area contributed by atoms with E-state index in [0.717, 1.165) is 11.3 Å².